The summed E-state index contributed by atoms with van der Waals surface area (Å²) < 4.78 is 0. The highest BCUT2D eigenvalue weighted by Crippen LogP contribution is 2.23. The first kappa shape index (κ1) is 14.6. The molecule has 2 heterocycles. The van der Waals surface area contributed by atoms with Crippen LogP contribution in [0, 0.1) is 0 Å². The third kappa shape index (κ3) is 3.27. The number of benzene rings is 1. The molecule has 1 saturated heterocycles. The molecule has 0 aliphatic carbocycles. The van der Waals surface area contributed by atoms with Gasteiger partial charge in [-0.1, -0.05) is 12.1 Å². The number of H-pyrrole nitrogens is 1. The van der Waals surface area contributed by atoms with Crippen LogP contribution >= 0.6 is 0 Å². The summed E-state index contributed by atoms with van der Waals surface area (Å²) in [6, 6.07) is 7.50. The Hall–Kier alpha value is -2.37. The van der Waals surface area contributed by atoms with Crippen molar-refractivity contribution in [2.75, 3.05) is 6.54 Å². The second-order valence-electron chi connectivity index (χ2n) is 5.69. The number of aryl methyl sites for hydroxylation is 1. The number of amides is 1. The highest BCUT2D eigenvalue weighted by atomic mass is 16.3. The molecule has 0 bridgehead atoms. The normalized spacial score (nSPS) is 18.4. The molecule has 1 aromatic carbocycles. The predicted molar refractivity (Wildman–Crippen MR) is 81.5 cm³/mol. The van der Waals surface area contributed by atoms with Crippen molar-refractivity contribution in [2.45, 2.75) is 38.1 Å². The van der Waals surface area contributed by atoms with E-state index in [4.69, 9.17) is 0 Å². The molecule has 6 heteroatoms. The minimum absolute atomic E-state index is 0.0621. The Morgan fingerprint density at radius 2 is 2.14 bits per heavy atom. The van der Waals surface area contributed by atoms with Gasteiger partial charge in [0.1, 0.15) is 12.1 Å². The number of rotatable bonds is 4. The van der Waals surface area contributed by atoms with Gasteiger partial charge in [0.15, 0.2) is 0 Å². The van der Waals surface area contributed by atoms with E-state index in [9.17, 15) is 9.90 Å². The van der Waals surface area contributed by atoms with Gasteiger partial charge in [-0.25, -0.2) is 4.98 Å². The number of nitrogens with one attached hydrogen (secondary N) is 1. The van der Waals surface area contributed by atoms with E-state index in [1.807, 2.05) is 17.0 Å². The van der Waals surface area contributed by atoms with Crippen molar-refractivity contribution in [3.05, 3.63) is 42.0 Å². The van der Waals surface area contributed by atoms with Crippen LogP contribution in [0.3, 0.4) is 0 Å². The molecular weight excluding hydrogens is 280 g/mol. The van der Waals surface area contributed by atoms with E-state index in [0.717, 1.165) is 38.6 Å². The van der Waals surface area contributed by atoms with Gasteiger partial charge in [-0.2, -0.15) is 5.10 Å². The molecule has 1 amide bonds. The Labute approximate surface area is 129 Å². The summed E-state index contributed by atoms with van der Waals surface area (Å²) in [4.78, 5) is 18.4. The minimum Gasteiger partial charge on any atom is -0.508 e. The van der Waals surface area contributed by atoms with Gasteiger partial charge in [0.25, 0.3) is 5.91 Å². The third-order valence-corrected chi connectivity index (χ3v) is 4.21. The monoisotopic (exact) mass is 300 g/mol. The van der Waals surface area contributed by atoms with E-state index >= 15 is 0 Å². The van der Waals surface area contributed by atoms with Gasteiger partial charge < -0.3 is 10.0 Å². The molecule has 1 fully saturated rings. The van der Waals surface area contributed by atoms with Crippen molar-refractivity contribution in [1.82, 2.24) is 20.1 Å². The van der Waals surface area contributed by atoms with Gasteiger partial charge in [-0.15, -0.1) is 0 Å². The number of aromatic amines is 1. The van der Waals surface area contributed by atoms with Gasteiger partial charge >= 0.3 is 0 Å². The molecule has 6 nitrogen and oxygen atoms in total. The zero-order valence-electron chi connectivity index (χ0n) is 12.4. The zero-order chi connectivity index (χ0) is 15.4. The molecule has 0 saturated carbocycles. The Kier molecular flexibility index (Phi) is 4.37. The molecule has 0 radical (unpaired) electrons. The van der Waals surface area contributed by atoms with E-state index < -0.39 is 0 Å². The molecule has 22 heavy (non-hydrogen) atoms. The van der Waals surface area contributed by atoms with Gasteiger partial charge in [0, 0.05) is 12.6 Å². The SMILES string of the molecule is O=C(c1ncn[nH]1)N1CCCC[C@H]1CCc1ccc(O)cc1. The van der Waals surface area contributed by atoms with Crippen LogP contribution in [0.2, 0.25) is 0 Å². The fraction of sp³-hybridized carbons (Fsp3) is 0.438. The van der Waals surface area contributed by atoms with Crippen molar-refractivity contribution in [2.24, 2.45) is 0 Å². The lowest BCUT2D eigenvalue weighted by Gasteiger charge is -2.35. The first-order chi connectivity index (χ1) is 10.7. The van der Waals surface area contributed by atoms with Crippen LogP contribution in [-0.4, -0.2) is 43.7 Å². The first-order valence-corrected chi connectivity index (χ1v) is 7.68. The lowest BCUT2D eigenvalue weighted by atomic mass is 9.95. The number of carbonyl (C=O) groups is 1. The van der Waals surface area contributed by atoms with Crippen LogP contribution in [0.15, 0.2) is 30.6 Å². The number of piperidine rings is 1. The number of phenols is 1. The Morgan fingerprint density at radius 3 is 2.86 bits per heavy atom. The number of aromatic nitrogens is 3. The van der Waals surface area contributed by atoms with E-state index in [2.05, 4.69) is 15.2 Å². The van der Waals surface area contributed by atoms with Crippen LogP contribution in [0.1, 0.15) is 41.9 Å². The molecule has 116 valence electrons. The predicted octanol–water partition coefficient (Wildman–Crippen LogP) is 2.14. The number of aromatic hydroxyl groups is 1. The number of likely N-dealkylation sites (tertiary alicyclic amines) is 1. The smallest absolute Gasteiger partial charge is 0.291 e. The average molecular weight is 300 g/mol. The molecule has 1 aromatic heterocycles. The summed E-state index contributed by atoms with van der Waals surface area (Å²) >= 11 is 0. The van der Waals surface area contributed by atoms with E-state index in [0.29, 0.717) is 5.82 Å². The quantitative estimate of drug-likeness (QED) is 0.906. The first-order valence-electron chi connectivity index (χ1n) is 7.68. The van der Waals surface area contributed by atoms with Crippen LogP contribution in [0.5, 0.6) is 5.75 Å². The second kappa shape index (κ2) is 6.60. The summed E-state index contributed by atoms with van der Waals surface area (Å²) in [5.41, 5.74) is 1.18. The summed E-state index contributed by atoms with van der Waals surface area (Å²) in [6.07, 6.45) is 6.40. The van der Waals surface area contributed by atoms with Crippen molar-refractivity contribution >= 4 is 5.91 Å². The van der Waals surface area contributed by atoms with Crippen LogP contribution in [-0.2, 0) is 6.42 Å². The van der Waals surface area contributed by atoms with E-state index in [1.54, 1.807) is 12.1 Å². The topological polar surface area (TPSA) is 82.1 Å². The number of hydrogen-bond donors (Lipinski definition) is 2. The third-order valence-electron chi connectivity index (χ3n) is 4.21. The minimum atomic E-state index is -0.0621. The molecular formula is C16H20N4O2. The molecule has 1 aliphatic heterocycles. The summed E-state index contributed by atoms with van der Waals surface area (Å²) in [6.45, 7) is 0.778. The van der Waals surface area contributed by atoms with Gasteiger partial charge in [0.05, 0.1) is 0 Å². The van der Waals surface area contributed by atoms with E-state index in [1.165, 1.54) is 11.9 Å². The molecule has 2 N–H and O–H groups in total. The van der Waals surface area contributed by atoms with Crippen LogP contribution in [0.25, 0.3) is 0 Å². The highest BCUT2D eigenvalue weighted by Gasteiger charge is 2.28. The molecule has 0 spiro atoms. The largest absolute Gasteiger partial charge is 0.508 e. The lowest BCUT2D eigenvalue weighted by molar-refractivity contribution is 0.0590. The molecule has 2 aromatic rings. The van der Waals surface area contributed by atoms with Crippen molar-refractivity contribution in [3.63, 3.8) is 0 Å². The maximum absolute atomic E-state index is 12.5. The molecule has 1 atom stereocenters. The van der Waals surface area contributed by atoms with Gasteiger partial charge in [0.2, 0.25) is 5.82 Å². The van der Waals surface area contributed by atoms with E-state index in [-0.39, 0.29) is 17.7 Å². The molecule has 1 aliphatic rings. The van der Waals surface area contributed by atoms with Crippen molar-refractivity contribution in [3.8, 4) is 5.75 Å². The zero-order valence-corrected chi connectivity index (χ0v) is 12.4. The summed E-state index contributed by atoms with van der Waals surface area (Å²) in [5, 5.41) is 15.7. The summed E-state index contributed by atoms with van der Waals surface area (Å²) in [7, 11) is 0. The van der Waals surface area contributed by atoms with Gasteiger partial charge in [-0.05, 0) is 49.8 Å². The number of hydrogen-bond acceptors (Lipinski definition) is 4. The molecule has 0 unspecified atom stereocenters. The summed E-state index contributed by atoms with van der Waals surface area (Å²) in [5.74, 6) is 0.535. The van der Waals surface area contributed by atoms with Gasteiger partial charge in [-0.3, -0.25) is 9.89 Å². The highest BCUT2D eigenvalue weighted by molar-refractivity contribution is 5.90. The van der Waals surface area contributed by atoms with Crippen molar-refractivity contribution in [1.29, 1.82) is 0 Å². The fourth-order valence-electron chi connectivity index (χ4n) is 3.01. The number of phenolic OH excluding ortho intramolecular Hbond substituents is 1. The molecule has 3 rings (SSSR count). The number of nitrogens with zero attached hydrogens (tertiary/aromatic N) is 3. The Balaban J connectivity index is 1.65. The fourth-order valence-corrected chi connectivity index (χ4v) is 3.01. The van der Waals surface area contributed by atoms with Crippen LogP contribution in [0.4, 0.5) is 0 Å². The Bertz CT molecular complexity index is 610. The van der Waals surface area contributed by atoms with Crippen molar-refractivity contribution < 1.29 is 9.90 Å². The average Bonchev–Trinajstić information content (AvgIpc) is 3.08. The Morgan fingerprint density at radius 1 is 1.32 bits per heavy atom. The number of carbonyl (C=O) groups excluding carboxylic acids is 1. The maximum Gasteiger partial charge on any atom is 0.291 e. The standard InChI is InChI=1S/C16H20N4O2/c21-14-8-5-12(6-9-14)4-7-13-3-1-2-10-20(13)16(22)15-17-11-18-19-15/h5-6,8-9,11,13,21H,1-4,7,10H2,(H,17,18,19)/t13-/m0/s1. The second-order valence-corrected chi connectivity index (χ2v) is 5.69. The van der Waals surface area contributed by atoms with Crippen LogP contribution < -0.4 is 0 Å². The lowest BCUT2D eigenvalue weighted by Crippen LogP contribution is -2.44. The maximum atomic E-state index is 12.5.